The zero-order valence-corrected chi connectivity index (χ0v) is 6.06. The van der Waals surface area contributed by atoms with Crippen molar-refractivity contribution in [3.63, 3.8) is 0 Å². The molecule has 0 bridgehead atoms. The number of rotatable bonds is 4. The van der Waals surface area contributed by atoms with E-state index in [1.165, 1.54) is 19.3 Å². The van der Waals surface area contributed by atoms with Crippen molar-refractivity contribution in [1.82, 2.24) is 0 Å². The van der Waals surface area contributed by atoms with E-state index in [-0.39, 0.29) is 0 Å². The molecule has 0 saturated heterocycles. The first-order valence-electron chi connectivity index (χ1n) is 3.50. The lowest BCUT2D eigenvalue weighted by Crippen LogP contribution is -1.65. The molecule has 0 fully saturated rings. The Bertz CT molecular complexity index is 104. The minimum atomic E-state index is 0.781. The maximum atomic E-state index is 5.04. The van der Waals surface area contributed by atoms with Gasteiger partial charge in [0.1, 0.15) is 0 Å². The van der Waals surface area contributed by atoms with Gasteiger partial charge in [-0.1, -0.05) is 31.9 Å². The summed E-state index contributed by atoms with van der Waals surface area (Å²) in [6, 6.07) is 0. The molecule has 0 aliphatic rings. The third-order valence-corrected chi connectivity index (χ3v) is 1.13. The third-order valence-electron chi connectivity index (χ3n) is 1.13. The number of allylic oxidation sites excluding steroid dienone is 2. The Morgan fingerprint density at radius 1 is 1.44 bits per heavy atom. The van der Waals surface area contributed by atoms with Gasteiger partial charge in [0.05, 0.1) is 0 Å². The van der Waals surface area contributed by atoms with E-state index in [4.69, 9.17) is 6.42 Å². The van der Waals surface area contributed by atoms with Gasteiger partial charge < -0.3 is 0 Å². The maximum Gasteiger partial charge on any atom is 0.0267 e. The molecule has 0 spiro atoms. The summed E-state index contributed by atoms with van der Waals surface area (Å²) in [5.41, 5.74) is 0. The van der Waals surface area contributed by atoms with Crippen molar-refractivity contribution in [3.8, 4) is 12.3 Å². The molecule has 0 amide bonds. The predicted molar refractivity (Wildman–Crippen MR) is 42.1 cm³/mol. The Morgan fingerprint density at radius 2 is 2.22 bits per heavy atom. The molecular weight excluding hydrogens is 108 g/mol. The molecule has 0 aliphatic heterocycles. The molecule has 0 aliphatic carbocycles. The average molecular weight is 122 g/mol. The minimum absolute atomic E-state index is 0.781. The van der Waals surface area contributed by atoms with Crippen molar-refractivity contribution in [1.29, 1.82) is 0 Å². The summed E-state index contributed by atoms with van der Waals surface area (Å²) in [5.74, 6) is 2.56. The summed E-state index contributed by atoms with van der Waals surface area (Å²) >= 11 is 0. The fourth-order valence-electron chi connectivity index (χ4n) is 0.591. The van der Waals surface area contributed by atoms with Gasteiger partial charge in [0, 0.05) is 6.42 Å². The Kier molecular flexibility index (Phi) is 6.73. The van der Waals surface area contributed by atoms with Crippen molar-refractivity contribution < 1.29 is 0 Å². The summed E-state index contributed by atoms with van der Waals surface area (Å²) in [4.78, 5) is 0. The van der Waals surface area contributed by atoms with E-state index in [1.54, 1.807) is 0 Å². The van der Waals surface area contributed by atoms with Crippen LogP contribution < -0.4 is 0 Å². The highest BCUT2D eigenvalue weighted by atomic mass is 13.8. The van der Waals surface area contributed by atoms with Crippen molar-refractivity contribution in [2.75, 3.05) is 0 Å². The SMILES string of the molecule is C#CC/C=C/CCCC. The van der Waals surface area contributed by atoms with Gasteiger partial charge in [-0.3, -0.25) is 0 Å². The lowest BCUT2D eigenvalue weighted by molar-refractivity contribution is 0.813. The predicted octanol–water partition coefficient (Wildman–Crippen LogP) is 2.76. The van der Waals surface area contributed by atoms with Crippen LogP contribution in [0.25, 0.3) is 0 Å². The number of hydrogen-bond donors (Lipinski definition) is 0. The molecule has 0 atom stereocenters. The molecule has 0 saturated carbocycles. The van der Waals surface area contributed by atoms with Gasteiger partial charge in [-0.25, -0.2) is 0 Å². The number of terminal acetylenes is 1. The highest BCUT2D eigenvalue weighted by molar-refractivity contribution is 4.95. The number of hydrogen-bond acceptors (Lipinski definition) is 0. The minimum Gasteiger partial charge on any atom is -0.120 e. The summed E-state index contributed by atoms with van der Waals surface area (Å²) in [5, 5.41) is 0. The van der Waals surface area contributed by atoms with Crippen molar-refractivity contribution in [3.05, 3.63) is 12.2 Å². The average Bonchev–Trinajstić information content (AvgIpc) is 1.89. The van der Waals surface area contributed by atoms with Gasteiger partial charge in [0.15, 0.2) is 0 Å². The molecule has 0 N–H and O–H groups in total. The van der Waals surface area contributed by atoms with Crippen molar-refractivity contribution >= 4 is 0 Å². The largest absolute Gasteiger partial charge is 0.120 e. The van der Waals surface area contributed by atoms with E-state index in [0.717, 1.165) is 6.42 Å². The van der Waals surface area contributed by atoms with Crippen molar-refractivity contribution in [2.24, 2.45) is 0 Å². The van der Waals surface area contributed by atoms with Crippen LogP contribution in [0.15, 0.2) is 12.2 Å². The molecule has 0 aromatic heterocycles. The first-order chi connectivity index (χ1) is 4.41. The summed E-state index contributed by atoms with van der Waals surface area (Å²) in [6.45, 7) is 2.19. The van der Waals surface area contributed by atoms with E-state index in [9.17, 15) is 0 Å². The Balaban J connectivity index is 2.97. The fraction of sp³-hybridized carbons (Fsp3) is 0.556. The second-order valence-corrected chi connectivity index (χ2v) is 2.02. The Labute approximate surface area is 58.0 Å². The quantitative estimate of drug-likeness (QED) is 0.305. The molecule has 0 aromatic carbocycles. The normalized spacial score (nSPS) is 9.78. The van der Waals surface area contributed by atoms with E-state index in [2.05, 4.69) is 25.0 Å². The van der Waals surface area contributed by atoms with Crippen LogP contribution in [-0.2, 0) is 0 Å². The summed E-state index contributed by atoms with van der Waals surface area (Å²) in [6.07, 6.45) is 13.8. The molecule has 50 valence electrons. The monoisotopic (exact) mass is 122 g/mol. The Morgan fingerprint density at radius 3 is 2.78 bits per heavy atom. The van der Waals surface area contributed by atoms with Gasteiger partial charge in [0.2, 0.25) is 0 Å². The lowest BCUT2D eigenvalue weighted by atomic mass is 10.2. The molecule has 0 radical (unpaired) electrons. The van der Waals surface area contributed by atoms with Crippen LogP contribution in [0.5, 0.6) is 0 Å². The topological polar surface area (TPSA) is 0 Å². The second kappa shape index (κ2) is 7.30. The maximum absolute atomic E-state index is 5.04. The van der Waals surface area contributed by atoms with Gasteiger partial charge >= 0.3 is 0 Å². The molecule has 0 aromatic rings. The second-order valence-electron chi connectivity index (χ2n) is 2.02. The standard InChI is InChI=1S/C9H14/c1-3-5-7-9-8-6-4-2/h1,7,9H,4-6,8H2,2H3/b9-7+. The van der Waals surface area contributed by atoms with Crippen LogP contribution in [0, 0.1) is 12.3 Å². The highest BCUT2D eigenvalue weighted by Crippen LogP contribution is 1.94. The third kappa shape index (κ3) is 7.30. The zero-order chi connectivity index (χ0) is 6.95. The molecule has 0 rings (SSSR count). The molecule has 0 nitrogen and oxygen atoms in total. The summed E-state index contributed by atoms with van der Waals surface area (Å²) < 4.78 is 0. The Hall–Kier alpha value is -0.700. The van der Waals surface area contributed by atoms with Crippen LogP contribution in [0.4, 0.5) is 0 Å². The van der Waals surface area contributed by atoms with Gasteiger partial charge in [-0.2, -0.15) is 0 Å². The first-order valence-corrected chi connectivity index (χ1v) is 3.50. The van der Waals surface area contributed by atoms with Crippen LogP contribution >= 0.6 is 0 Å². The smallest absolute Gasteiger partial charge is 0.0267 e. The van der Waals surface area contributed by atoms with Crippen molar-refractivity contribution in [2.45, 2.75) is 32.6 Å². The molecular formula is C9H14. The van der Waals surface area contributed by atoms with E-state index in [0.29, 0.717) is 0 Å². The highest BCUT2D eigenvalue weighted by Gasteiger charge is 1.75. The van der Waals surface area contributed by atoms with Crippen LogP contribution in [0.3, 0.4) is 0 Å². The molecule has 0 heteroatoms. The van der Waals surface area contributed by atoms with E-state index in [1.807, 2.05) is 0 Å². The van der Waals surface area contributed by atoms with Gasteiger partial charge in [-0.15, -0.1) is 12.3 Å². The van der Waals surface area contributed by atoms with Crippen LogP contribution in [-0.4, -0.2) is 0 Å². The summed E-state index contributed by atoms with van der Waals surface area (Å²) in [7, 11) is 0. The van der Waals surface area contributed by atoms with Crippen LogP contribution in [0.1, 0.15) is 32.6 Å². The van der Waals surface area contributed by atoms with Gasteiger partial charge in [0.25, 0.3) is 0 Å². The first kappa shape index (κ1) is 8.30. The zero-order valence-electron chi connectivity index (χ0n) is 6.06. The van der Waals surface area contributed by atoms with Gasteiger partial charge in [-0.05, 0) is 6.42 Å². The number of unbranched alkanes of at least 4 members (excludes halogenated alkanes) is 2. The molecule has 9 heavy (non-hydrogen) atoms. The van der Waals surface area contributed by atoms with Crippen LogP contribution in [0.2, 0.25) is 0 Å². The van der Waals surface area contributed by atoms with E-state index < -0.39 is 0 Å². The van der Waals surface area contributed by atoms with E-state index >= 15 is 0 Å². The molecule has 0 unspecified atom stereocenters. The fourth-order valence-corrected chi connectivity index (χ4v) is 0.591. The lowest BCUT2D eigenvalue weighted by Gasteiger charge is -1.85. The molecule has 0 heterocycles.